The molecular formula is C28H23N3O3S. The highest BCUT2D eigenvalue weighted by Gasteiger charge is 2.27. The molecule has 6 nitrogen and oxygen atoms in total. The van der Waals surface area contributed by atoms with Crippen LogP contribution in [-0.2, 0) is 10.0 Å². The molecule has 7 heteroatoms. The van der Waals surface area contributed by atoms with Gasteiger partial charge in [0.2, 0.25) is 5.78 Å². The van der Waals surface area contributed by atoms with Crippen molar-refractivity contribution in [3.8, 4) is 0 Å². The molecule has 1 heterocycles. The van der Waals surface area contributed by atoms with Gasteiger partial charge in [-0.2, -0.15) is 12.8 Å². The highest BCUT2D eigenvalue weighted by Crippen LogP contribution is 2.29. The molecule has 174 valence electrons. The van der Waals surface area contributed by atoms with E-state index in [1.807, 2.05) is 32.9 Å². The number of Topliss-reactive ketones (excluding diaryl/α,β-unsaturated/α-hetero) is 1. The minimum absolute atomic E-state index is 0.0191. The average molecular weight is 482 g/mol. The SMILES string of the molecule is Cc1cc(C)c(NC2=C/C(=N/S(=O)(=O)c3cccc4cccnc34)c3ccccc3C2=O)c(C)c1. The van der Waals surface area contributed by atoms with Crippen molar-refractivity contribution >= 4 is 38.1 Å². The number of rotatable bonds is 4. The lowest BCUT2D eigenvalue weighted by atomic mass is 9.92. The van der Waals surface area contributed by atoms with Gasteiger partial charge in [0.05, 0.1) is 16.9 Å². The zero-order valence-corrected chi connectivity index (χ0v) is 20.3. The summed E-state index contributed by atoms with van der Waals surface area (Å²) < 4.78 is 31.1. The molecule has 0 radical (unpaired) electrons. The largest absolute Gasteiger partial charge is 0.352 e. The van der Waals surface area contributed by atoms with Crippen LogP contribution in [0.2, 0.25) is 0 Å². The maximum atomic E-state index is 13.5. The zero-order chi connectivity index (χ0) is 24.7. The van der Waals surface area contributed by atoms with Gasteiger partial charge in [0.25, 0.3) is 10.0 Å². The zero-order valence-electron chi connectivity index (χ0n) is 19.5. The fraction of sp³-hybridized carbons (Fsp3) is 0.107. The first kappa shape index (κ1) is 22.7. The first-order valence-electron chi connectivity index (χ1n) is 11.1. The van der Waals surface area contributed by atoms with E-state index in [0.29, 0.717) is 22.0 Å². The van der Waals surface area contributed by atoms with E-state index in [4.69, 9.17) is 0 Å². The summed E-state index contributed by atoms with van der Waals surface area (Å²) in [7, 11) is -4.12. The number of anilines is 1. The second-order valence-corrected chi connectivity index (χ2v) is 10.2. The number of ketones is 1. The molecule has 0 fully saturated rings. The number of benzene rings is 3. The van der Waals surface area contributed by atoms with Crippen LogP contribution in [0.4, 0.5) is 5.69 Å². The molecule has 1 aromatic heterocycles. The molecular weight excluding hydrogens is 458 g/mol. The van der Waals surface area contributed by atoms with Gasteiger partial charge in [-0.25, -0.2) is 0 Å². The van der Waals surface area contributed by atoms with Gasteiger partial charge in [-0.05, 0) is 50.1 Å². The molecule has 1 aliphatic carbocycles. The Morgan fingerprint density at radius 1 is 0.857 bits per heavy atom. The van der Waals surface area contributed by atoms with Gasteiger partial charge in [0.15, 0.2) is 0 Å². The summed E-state index contributed by atoms with van der Waals surface area (Å²) in [5.74, 6) is -0.219. The number of allylic oxidation sites excluding steroid dienone is 2. The molecule has 1 aliphatic rings. The fourth-order valence-electron chi connectivity index (χ4n) is 4.47. The summed E-state index contributed by atoms with van der Waals surface area (Å²) in [5.41, 5.74) is 5.59. The molecule has 0 saturated carbocycles. The average Bonchev–Trinajstić information content (AvgIpc) is 2.83. The molecule has 35 heavy (non-hydrogen) atoms. The number of hydrogen-bond donors (Lipinski definition) is 1. The van der Waals surface area contributed by atoms with Crippen molar-refractivity contribution in [3.05, 3.63) is 113 Å². The minimum Gasteiger partial charge on any atom is -0.352 e. The third-order valence-electron chi connectivity index (χ3n) is 6.00. The van der Waals surface area contributed by atoms with Crippen LogP contribution < -0.4 is 5.32 Å². The number of aryl methyl sites for hydroxylation is 3. The molecule has 3 aromatic carbocycles. The summed E-state index contributed by atoms with van der Waals surface area (Å²) in [5, 5.41) is 3.95. The third kappa shape index (κ3) is 4.15. The molecule has 0 spiro atoms. The lowest BCUT2D eigenvalue weighted by molar-refractivity contribution is 0.103. The third-order valence-corrected chi connectivity index (χ3v) is 7.32. The topological polar surface area (TPSA) is 88.5 Å². The molecule has 1 N–H and O–H groups in total. The van der Waals surface area contributed by atoms with Crippen LogP contribution in [0.15, 0.2) is 94.0 Å². The summed E-state index contributed by atoms with van der Waals surface area (Å²) in [6, 6.07) is 19.5. The number of fused-ring (bicyclic) bond motifs is 2. The fourth-order valence-corrected chi connectivity index (χ4v) is 5.65. The Kier molecular flexibility index (Phi) is 5.57. The molecule has 0 bridgehead atoms. The van der Waals surface area contributed by atoms with E-state index in [2.05, 4.69) is 14.7 Å². The number of nitrogens with one attached hydrogen (secondary N) is 1. The highest BCUT2D eigenvalue weighted by atomic mass is 32.2. The number of nitrogens with zero attached hydrogens (tertiary/aromatic N) is 2. The van der Waals surface area contributed by atoms with Gasteiger partial charge >= 0.3 is 0 Å². The Balaban J connectivity index is 1.66. The van der Waals surface area contributed by atoms with Gasteiger partial charge in [0, 0.05) is 28.4 Å². The number of carbonyl (C=O) groups is 1. The Hall–Kier alpha value is -4.10. The van der Waals surface area contributed by atoms with Gasteiger partial charge in [0.1, 0.15) is 4.90 Å². The minimum atomic E-state index is -4.12. The predicted molar refractivity (Wildman–Crippen MR) is 139 cm³/mol. The van der Waals surface area contributed by atoms with E-state index in [1.165, 1.54) is 12.1 Å². The Bertz CT molecular complexity index is 1660. The van der Waals surface area contributed by atoms with E-state index in [9.17, 15) is 13.2 Å². The smallest absolute Gasteiger partial charge is 0.285 e. The number of aromatic nitrogens is 1. The summed E-state index contributed by atoms with van der Waals surface area (Å²) in [6.45, 7) is 5.96. The lowest BCUT2D eigenvalue weighted by Gasteiger charge is -2.21. The Morgan fingerprint density at radius 2 is 1.54 bits per heavy atom. The second kappa shape index (κ2) is 8.60. The van der Waals surface area contributed by atoms with Crippen LogP contribution in [0.1, 0.15) is 32.6 Å². The van der Waals surface area contributed by atoms with Gasteiger partial charge in [-0.3, -0.25) is 9.78 Å². The van der Waals surface area contributed by atoms with Crippen LogP contribution >= 0.6 is 0 Å². The molecule has 4 aromatic rings. The molecule has 0 amide bonds. The van der Waals surface area contributed by atoms with E-state index >= 15 is 0 Å². The number of hydrogen-bond acceptors (Lipinski definition) is 5. The predicted octanol–water partition coefficient (Wildman–Crippen LogP) is 5.53. The first-order valence-corrected chi connectivity index (χ1v) is 12.6. The van der Waals surface area contributed by atoms with Gasteiger partial charge < -0.3 is 5.32 Å². The van der Waals surface area contributed by atoms with Crippen molar-refractivity contribution in [1.82, 2.24) is 4.98 Å². The normalized spacial score (nSPS) is 14.7. The van der Waals surface area contributed by atoms with Crippen LogP contribution in [0.5, 0.6) is 0 Å². The van der Waals surface area contributed by atoms with Crippen LogP contribution in [0, 0.1) is 20.8 Å². The monoisotopic (exact) mass is 481 g/mol. The van der Waals surface area contributed by atoms with Crippen LogP contribution in [-0.4, -0.2) is 24.9 Å². The van der Waals surface area contributed by atoms with E-state index in [1.54, 1.807) is 54.7 Å². The summed E-state index contributed by atoms with van der Waals surface area (Å²) in [6.07, 6.45) is 3.07. The molecule has 0 aliphatic heterocycles. The number of pyridine rings is 1. The van der Waals surface area contributed by atoms with E-state index < -0.39 is 10.0 Å². The summed E-state index contributed by atoms with van der Waals surface area (Å²) >= 11 is 0. The molecule has 0 atom stereocenters. The number of para-hydroxylation sites is 1. The quantitative estimate of drug-likeness (QED) is 0.414. The van der Waals surface area contributed by atoms with Gasteiger partial charge in [-0.1, -0.05) is 60.2 Å². The molecule has 0 unspecified atom stereocenters. The standard InChI is InChI=1S/C28H23N3O3S/c1-17-14-18(2)26(19(3)15-17)30-24-16-23(21-10-4-5-11-22(21)28(24)32)31-35(33,34)25-12-6-8-20-9-7-13-29-27(20)25/h4-16,30H,1-3H3/b31-23-. The maximum absolute atomic E-state index is 13.5. The van der Waals surface area contributed by atoms with E-state index in [-0.39, 0.29) is 22.1 Å². The van der Waals surface area contributed by atoms with Crippen LogP contribution in [0.3, 0.4) is 0 Å². The highest BCUT2D eigenvalue weighted by molar-refractivity contribution is 7.90. The molecule has 5 rings (SSSR count). The van der Waals surface area contributed by atoms with Crippen molar-refractivity contribution < 1.29 is 13.2 Å². The van der Waals surface area contributed by atoms with Crippen molar-refractivity contribution in [2.45, 2.75) is 25.7 Å². The van der Waals surface area contributed by atoms with Gasteiger partial charge in [-0.15, -0.1) is 0 Å². The lowest BCUT2D eigenvalue weighted by Crippen LogP contribution is -2.23. The maximum Gasteiger partial charge on any atom is 0.285 e. The first-order chi connectivity index (χ1) is 16.7. The van der Waals surface area contributed by atoms with Crippen LogP contribution in [0.25, 0.3) is 10.9 Å². The second-order valence-electron chi connectivity index (χ2n) is 8.61. The molecule has 0 saturated heterocycles. The van der Waals surface area contributed by atoms with E-state index in [0.717, 1.165) is 22.4 Å². The number of sulfonamides is 1. The Morgan fingerprint density at radius 3 is 2.29 bits per heavy atom. The van der Waals surface area contributed by atoms with Crippen molar-refractivity contribution in [3.63, 3.8) is 0 Å². The van der Waals surface area contributed by atoms with Crippen molar-refractivity contribution in [2.24, 2.45) is 4.40 Å². The van der Waals surface area contributed by atoms with Crippen molar-refractivity contribution in [1.29, 1.82) is 0 Å². The summed E-state index contributed by atoms with van der Waals surface area (Å²) in [4.78, 5) is 17.6. The Labute approximate surface area is 204 Å². The van der Waals surface area contributed by atoms with Crippen molar-refractivity contribution in [2.75, 3.05) is 5.32 Å². The number of carbonyl (C=O) groups excluding carboxylic acids is 1.